The summed E-state index contributed by atoms with van der Waals surface area (Å²) in [6, 6.07) is 3.20. The maximum atomic E-state index is 13.5. The molecule has 1 aliphatic heterocycles. The number of nitrogens with one attached hydrogen (secondary N) is 1. The van der Waals surface area contributed by atoms with Crippen molar-refractivity contribution in [2.75, 3.05) is 6.54 Å². The fraction of sp³-hybridized carbons (Fsp3) is 0.385. The van der Waals surface area contributed by atoms with Crippen LogP contribution in [0.1, 0.15) is 29.7 Å². The Labute approximate surface area is 113 Å². The first-order valence-corrected chi connectivity index (χ1v) is 6.29. The van der Waals surface area contributed by atoms with E-state index in [1.165, 1.54) is 12.1 Å². The van der Waals surface area contributed by atoms with Gasteiger partial charge in [-0.2, -0.15) is 4.98 Å². The number of aliphatic hydroxyl groups is 1. The highest BCUT2D eigenvalue weighted by atomic mass is 19.1. The summed E-state index contributed by atoms with van der Waals surface area (Å²) in [6.45, 7) is 0.481. The molecular weight excluding hydrogens is 268 g/mol. The molecule has 1 fully saturated rings. The molecule has 5 nitrogen and oxygen atoms in total. The molecule has 7 heteroatoms. The Morgan fingerprint density at radius 1 is 1.40 bits per heavy atom. The molecule has 0 aliphatic carbocycles. The second-order valence-electron chi connectivity index (χ2n) is 4.81. The molecule has 2 aromatic rings. The van der Waals surface area contributed by atoms with Crippen LogP contribution >= 0.6 is 0 Å². The highest BCUT2D eigenvalue weighted by Crippen LogP contribution is 2.22. The lowest BCUT2D eigenvalue weighted by Gasteiger charge is -2.01. The minimum atomic E-state index is -0.634. The third kappa shape index (κ3) is 2.68. The Bertz CT molecular complexity index is 617. The van der Waals surface area contributed by atoms with Crippen LogP contribution in [0.15, 0.2) is 22.7 Å². The van der Waals surface area contributed by atoms with Crippen LogP contribution in [0.25, 0.3) is 0 Å². The topological polar surface area (TPSA) is 71.2 Å². The van der Waals surface area contributed by atoms with Crippen LogP contribution < -0.4 is 5.32 Å². The average molecular weight is 281 g/mol. The van der Waals surface area contributed by atoms with Crippen LogP contribution in [0.2, 0.25) is 0 Å². The van der Waals surface area contributed by atoms with Gasteiger partial charge in [0.2, 0.25) is 5.89 Å². The van der Waals surface area contributed by atoms with Gasteiger partial charge >= 0.3 is 0 Å². The summed E-state index contributed by atoms with van der Waals surface area (Å²) in [5, 5.41) is 16.3. The van der Waals surface area contributed by atoms with Crippen molar-refractivity contribution in [3.63, 3.8) is 0 Å². The normalized spacial score (nSPS) is 22.4. The number of aliphatic hydroxyl groups excluding tert-OH is 1. The molecule has 20 heavy (non-hydrogen) atoms. The zero-order valence-electron chi connectivity index (χ0n) is 10.5. The summed E-state index contributed by atoms with van der Waals surface area (Å²) in [5.74, 6) is -0.553. The third-order valence-corrected chi connectivity index (χ3v) is 3.25. The number of β-amino-alcohol motifs (C(OH)–C–C–N with tert-alkyl or cyclic N) is 1. The van der Waals surface area contributed by atoms with Gasteiger partial charge in [0.15, 0.2) is 5.82 Å². The van der Waals surface area contributed by atoms with E-state index in [9.17, 15) is 13.9 Å². The van der Waals surface area contributed by atoms with Gasteiger partial charge in [-0.05, 0) is 18.1 Å². The SMILES string of the molecule is OC1CNC(c2nc(Cc3ccc(F)cc3F)no2)C1. The maximum Gasteiger partial charge on any atom is 0.243 e. The van der Waals surface area contributed by atoms with E-state index in [0.717, 1.165) is 6.07 Å². The van der Waals surface area contributed by atoms with E-state index in [4.69, 9.17) is 4.52 Å². The van der Waals surface area contributed by atoms with E-state index in [1.54, 1.807) is 0 Å². The first kappa shape index (κ1) is 13.1. The predicted molar refractivity (Wildman–Crippen MR) is 64.8 cm³/mol. The minimum absolute atomic E-state index is 0.130. The van der Waals surface area contributed by atoms with Crippen LogP contribution in [-0.2, 0) is 6.42 Å². The summed E-state index contributed by atoms with van der Waals surface area (Å²) in [7, 11) is 0. The minimum Gasteiger partial charge on any atom is -0.392 e. The summed E-state index contributed by atoms with van der Waals surface area (Å²) in [5.41, 5.74) is 0.304. The van der Waals surface area contributed by atoms with Crippen molar-refractivity contribution < 1.29 is 18.4 Å². The maximum absolute atomic E-state index is 13.5. The van der Waals surface area contributed by atoms with E-state index in [1.807, 2.05) is 0 Å². The molecule has 2 N–H and O–H groups in total. The molecule has 1 aromatic carbocycles. The van der Waals surface area contributed by atoms with Crippen molar-refractivity contribution in [2.45, 2.75) is 25.0 Å². The van der Waals surface area contributed by atoms with Crippen molar-refractivity contribution in [2.24, 2.45) is 0 Å². The van der Waals surface area contributed by atoms with Gasteiger partial charge in [-0.1, -0.05) is 11.2 Å². The lowest BCUT2D eigenvalue weighted by Crippen LogP contribution is -2.15. The molecule has 0 radical (unpaired) electrons. The molecular formula is C13H13F2N3O2. The van der Waals surface area contributed by atoms with Crippen molar-refractivity contribution in [1.29, 1.82) is 0 Å². The van der Waals surface area contributed by atoms with Crippen molar-refractivity contribution in [3.05, 3.63) is 47.1 Å². The molecule has 0 spiro atoms. The van der Waals surface area contributed by atoms with Crippen molar-refractivity contribution in [3.8, 4) is 0 Å². The number of hydrogen-bond acceptors (Lipinski definition) is 5. The van der Waals surface area contributed by atoms with Crippen LogP contribution in [0.4, 0.5) is 8.78 Å². The van der Waals surface area contributed by atoms with E-state index < -0.39 is 17.7 Å². The molecule has 2 unspecified atom stereocenters. The van der Waals surface area contributed by atoms with Gasteiger partial charge in [-0.25, -0.2) is 8.78 Å². The van der Waals surface area contributed by atoms with Gasteiger partial charge in [-0.15, -0.1) is 0 Å². The zero-order valence-corrected chi connectivity index (χ0v) is 10.5. The summed E-state index contributed by atoms with van der Waals surface area (Å²) < 4.78 is 31.4. The van der Waals surface area contributed by atoms with E-state index >= 15 is 0 Å². The molecule has 2 atom stereocenters. The first-order valence-electron chi connectivity index (χ1n) is 6.29. The van der Waals surface area contributed by atoms with Gasteiger partial charge in [0.25, 0.3) is 0 Å². The highest BCUT2D eigenvalue weighted by Gasteiger charge is 2.28. The Kier molecular flexibility index (Phi) is 3.45. The lowest BCUT2D eigenvalue weighted by atomic mass is 10.1. The van der Waals surface area contributed by atoms with Gasteiger partial charge in [0.1, 0.15) is 11.6 Å². The van der Waals surface area contributed by atoms with Crippen LogP contribution in [-0.4, -0.2) is 27.9 Å². The fourth-order valence-electron chi connectivity index (χ4n) is 2.22. The second kappa shape index (κ2) is 5.26. The largest absolute Gasteiger partial charge is 0.392 e. The van der Waals surface area contributed by atoms with Gasteiger partial charge in [0.05, 0.1) is 12.1 Å². The predicted octanol–water partition coefficient (Wildman–Crippen LogP) is 1.33. The number of aromatic nitrogens is 2. The van der Waals surface area contributed by atoms with Gasteiger partial charge < -0.3 is 14.9 Å². The number of rotatable bonds is 3. The molecule has 3 rings (SSSR count). The van der Waals surface area contributed by atoms with Gasteiger partial charge in [0, 0.05) is 19.0 Å². The smallest absolute Gasteiger partial charge is 0.243 e. The third-order valence-electron chi connectivity index (χ3n) is 3.25. The molecule has 2 heterocycles. The number of nitrogens with zero attached hydrogens (tertiary/aromatic N) is 2. The summed E-state index contributed by atoms with van der Waals surface area (Å²) in [4.78, 5) is 4.17. The van der Waals surface area contributed by atoms with E-state index in [0.29, 0.717) is 30.2 Å². The van der Waals surface area contributed by atoms with E-state index in [2.05, 4.69) is 15.5 Å². The zero-order chi connectivity index (χ0) is 14.1. The average Bonchev–Trinajstić information content (AvgIpc) is 3.02. The van der Waals surface area contributed by atoms with E-state index in [-0.39, 0.29) is 12.5 Å². The number of halogens is 2. The highest BCUT2D eigenvalue weighted by molar-refractivity contribution is 5.21. The molecule has 1 aliphatic rings. The Balaban J connectivity index is 1.74. The lowest BCUT2D eigenvalue weighted by molar-refractivity contribution is 0.191. The quantitative estimate of drug-likeness (QED) is 0.888. The molecule has 1 aromatic heterocycles. The molecule has 0 bridgehead atoms. The van der Waals surface area contributed by atoms with Crippen LogP contribution in [0, 0.1) is 11.6 Å². The van der Waals surface area contributed by atoms with Crippen molar-refractivity contribution in [1.82, 2.24) is 15.5 Å². The first-order chi connectivity index (χ1) is 9.61. The van der Waals surface area contributed by atoms with Gasteiger partial charge in [-0.3, -0.25) is 0 Å². The summed E-state index contributed by atoms with van der Waals surface area (Å²) in [6.07, 6.45) is 0.210. The number of benzene rings is 1. The van der Waals surface area contributed by atoms with Crippen molar-refractivity contribution >= 4 is 0 Å². The molecule has 0 amide bonds. The summed E-state index contributed by atoms with van der Waals surface area (Å²) >= 11 is 0. The molecule has 0 saturated carbocycles. The number of hydrogen-bond donors (Lipinski definition) is 2. The van der Waals surface area contributed by atoms with Crippen LogP contribution in [0.5, 0.6) is 0 Å². The Morgan fingerprint density at radius 3 is 2.95 bits per heavy atom. The standard InChI is InChI=1S/C13H13F2N3O2/c14-8-2-1-7(10(15)4-8)3-12-17-13(20-18-12)11-5-9(19)6-16-11/h1-2,4,9,11,16,19H,3,5-6H2. The Morgan fingerprint density at radius 2 is 2.25 bits per heavy atom. The molecule has 1 saturated heterocycles. The molecule has 106 valence electrons. The second-order valence-corrected chi connectivity index (χ2v) is 4.81. The van der Waals surface area contributed by atoms with Crippen LogP contribution in [0.3, 0.4) is 0 Å². The Hall–Kier alpha value is -1.86. The fourth-order valence-corrected chi connectivity index (χ4v) is 2.22. The monoisotopic (exact) mass is 281 g/mol.